The minimum absolute atomic E-state index is 0.0512. The highest BCUT2D eigenvalue weighted by Crippen LogP contribution is 2.18. The van der Waals surface area contributed by atoms with Crippen LogP contribution in [0.2, 0.25) is 0 Å². The molecule has 22 heavy (non-hydrogen) atoms. The number of benzene rings is 1. The Kier molecular flexibility index (Phi) is 5.79. The molecule has 0 spiro atoms. The zero-order valence-electron chi connectivity index (χ0n) is 12.3. The van der Waals surface area contributed by atoms with Crippen LogP contribution in [0.4, 0.5) is 5.82 Å². The van der Waals surface area contributed by atoms with Crippen molar-refractivity contribution in [1.29, 1.82) is 0 Å². The molecular formula is C15H17BrN4OS. The standard InChI is InChI=1S/C15H17BrN4OS/c1-9-7-13(17)20-15(18-9)22-8-14(21)19-10(2)11-3-5-12(16)6-4-11/h3-7,10H,8H2,1-2H3,(H,19,21)(H2,17,18,20)/t10-/m0/s1. The molecule has 0 aliphatic heterocycles. The second-order valence-electron chi connectivity index (χ2n) is 4.85. The zero-order chi connectivity index (χ0) is 16.1. The number of nitrogens with two attached hydrogens (primary N) is 1. The zero-order valence-corrected chi connectivity index (χ0v) is 14.7. The van der Waals surface area contributed by atoms with Gasteiger partial charge in [0.1, 0.15) is 5.82 Å². The Morgan fingerprint density at radius 3 is 2.68 bits per heavy atom. The van der Waals surface area contributed by atoms with E-state index in [1.54, 1.807) is 6.07 Å². The maximum absolute atomic E-state index is 12.0. The molecule has 3 N–H and O–H groups in total. The minimum atomic E-state index is -0.0657. The molecule has 116 valence electrons. The van der Waals surface area contributed by atoms with Crippen molar-refractivity contribution in [1.82, 2.24) is 15.3 Å². The Morgan fingerprint density at radius 2 is 2.05 bits per heavy atom. The lowest BCUT2D eigenvalue weighted by Gasteiger charge is -2.14. The average Bonchev–Trinajstić information content (AvgIpc) is 2.45. The van der Waals surface area contributed by atoms with Gasteiger partial charge in [-0.25, -0.2) is 9.97 Å². The van der Waals surface area contributed by atoms with Crippen molar-refractivity contribution in [3.05, 3.63) is 46.1 Å². The van der Waals surface area contributed by atoms with Crippen molar-refractivity contribution in [2.45, 2.75) is 25.0 Å². The van der Waals surface area contributed by atoms with Gasteiger partial charge in [-0.2, -0.15) is 0 Å². The molecule has 1 atom stereocenters. The smallest absolute Gasteiger partial charge is 0.230 e. The fourth-order valence-corrected chi connectivity index (χ4v) is 2.86. The van der Waals surface area contributed by atoms with Gasteiger partial charge in [0.15, 0.2) is 5.16 Å². The number of thioether (sulfide) groups is 1. The van der Waals surface area contributed by atoms with Crippen LogP contribution < -0.4 is 11.1 Å². The highest BCUT2D eigenvalue weighted by atomic mass is 79.9. The number of aryl methyl sites for hydroxylation is 1. The number of nitrogens with zero attached hydrogens (tertiary/aromatic N) is 2. The van der Waals surface area contributed by atoms with E-state index < -0.39 is 0 Å². The second-order valence-corrected chi connectivity index (χ2v) is 6.70. The number of hydrogen-bond donors (Lipinski definition) is 2. The lowest BCUT2D eigenvalue weighted by atomic mass is 10.1. The SMILES string of the molecule is Cc1cc(N)nc(SCC(=O)N[C@@H](C)c2ccc(Br)cc2)n1. The predicted molar refractivity (Wildman–Crippen MR) is 92.6 cm³/mol. The molecule has 0 saturated heterocycles. The summed E-state index contributed by atoms with van der Waals surface area (Å²) in [6.45, 7) is 3.80. The minimum Gasteiger partial charge on any atom is -0.384 e. The molecule has 7 heteroatoms. The summed E-state index contributed by atoms with van der Waals surface area (Å²) in [5.41, 5.74) is 7.51. The molecule has 0 aliphatic rings. The van der Waals surface area contributed by atoms with Crippen LogP contribution in [0.3, 0.4) is 0 Å². The van der Waals surface area contributed by atoms with E-state index in [-0.39, 0.29) is 17.7 Å². The van der Waals surface area contributed by atoms with E-state index in [1.165, 1.54) is 11.8 Å². The van der Waals surface area contributed by atoms with E-state index in [4.69, 9.17) is 5.73 Å². The molecule has 0 radical (unpaired) electrons. The summed E-state index contributed by atoms with van der Waals surface area (Å²) in [5, 5.41) is 3.47. The summed E-state index contributed by atoms with van der Waals surface area (Å²) in [5.74, 6) is 0.603. The normalized spacial score (nSPS) is 12.0. The molecule has 2 rings (SSSR count). The van der Waals surface area contributed by atoms with Gasteiger partial charge in [-0.3, -0.25) is 4.79 Å². The molecule has 0 aliphatic carbocycles. The lowest BCUT2D eigenvalue weighted by molar-refractivity contribution is -0.119. The third-order valence-corrected chi connectivity index (χ3v) is 4.31. The van der Waals surface area contributed by atoms with Gasteiger partial charge in [0.05, 0.1) is 11.8 Å². The van der Waals surface area contributed by atoms with Crippen LogP contribution in [-0.4, -0.2) is 21.6 Å². The average molecular weight is 381 g/mol. The van der Waals surface area contributed by atoms with Gasteiger partial charge in [-0.1, -0.05) is 39.8 Å². The highest BCUT2D eigenvalue weighted by Gasteiger charge is 2.11. The molecule has 1 heterocycles. The van der Waals surface area contributed by atoms with Crippen LogP contribution in [0.15, 0.2) is 40.0 Å². The number of rotatable bonds is 5. The Hall–Kier alpha value is -1.60. The van der Waals surface area contributed by atoms with Crippen LogP contribution in [0.1, 0.15) is 24.2 Å². The van der Waals surface area contributed by atoms with Crippen LogP contribution >= 0.6 is 27.7 Å². The third-order valence-electron chi connectivity index (χ3n) is 2.93. The monoisotopic (exact) mass is 380 g/mol. The van der Waals surface area contributed by atoms with Gasteiger partial charge < -0.3 is 11.1 Å². The Labute approximate surface area is 142 Å². The Bertz CT molecular complexity index is 643. The fraction of sp³-hybridized carbons (Fsp3) is 0.267. The molecule has 1 aromatic heterocycles. The number of carbonyl (C=O) groups excluding carboxylic acids is 1. The first-order chi connectivity index (χ1) is 10.4. The molecule has 1 aromatic carbocycles. The van der Waals surface area contributed by atoms with Gasteiger partial charge >= 0.3 is 0 Å². The van der Waals surface area contributed by atoms with Gasteiger partial charge in [0, 0.05) is 16.2 Å². The van der Waals surface area contributed by atoms with E-state index in [0.717, 1.165) is 15.7 Å². The van der Waals surface area contributed by atoms with Crippen LogP contribution in [0.5, 0.6) is 0 Å². The van der Waals surface area contributed by atoms with Crippen LogP contribution in [-0.2, 0) is 4.79 Å². The lowest BCUT2D eigenvalue weighted by Crippen LogP contribution is -2.28. The summed E-state index contributed by atoms with van der Waals surface area (Å²) < 4.78 is 1.01. The maximum Gasteiger partial charge on any atom is 0.230 e. The third kappa shape index (κ3) is 4.99. The summed E-state index contributed by atoms with van der Waals surface area (Å²) >= 11 is 4.67. The van der Waals surface area contributed by atoms with E-state index in [2.05, 4.69) is 31.2 Å². The van der Waals surface area contributed by atoms with E-state index in [1.807, 2.05) is 38.1 Å². The first kappa shape index (κ1) is 16.8. The summed E-state index contributed by atoms with van der Waals surface area (Å²) in [6, 6.07) is 9.51. The van der Waals surface area contributed by atoms with Gasteiger partial charge in [-0.05, 0) is 31.5 Å². The largest absolute Gasteiger partial charge is 0.384 e. The molecule has 0 fully saturated rings. The van der Waals surface area contributed by atoms with Crippen LogP contribution in [0.25, 0.3) is 0 Å². The first-order valence-electron chi connectivity index (χ1n) is 6.73. The van der Waals surface area contributed by atoms with Crippen molar-refractivity contribution in [3.8, 4) is 0 Å². The summed E-state index contributed by atoms with van der Waals surface area (Å²) in [6.07, 6.45) is 0. The second kappa shape index (κ2) is 7.60. The number of halogens is 1. The highest BCUT2D eigenvalue weighted by molar-refractivity contribution is 9.10. The molecule has 0 saturated carbocycles. The molecule has 2 aromatic rings. The van der Waals surface area contributed by atoms with Crippen LogP contribution in [0, 0.1) is 6.92 Å². The van der Waals surface area contributed by atoms with Gasteiger partial charge in [0.2, 0.25) is 5.91 Å². The van der Waals surface area contributed by atoms with Gasteiger partial charge in [0.25, 0.3) is 0 Å². The van der Waals surface area contributed by atoms with E-state index >= 15 is 0 Å². The molecular weight excluding hydrogens is 364 g/mol. The molecule has 5 nitrogen and oxygen atoms in total. The maximum atomic E-state index is 12.0. The summed E-state index contributed by atoms with van der Waals surface area (Å²) in [7, 11) is 0. The number of anilines is 1. The summed E-state index contributed by atoms with van der Waals surface area (Å²) in [4.78, 5) is 20.3. The number of nitrogens with one attached hydrogen (secondary N) is 1. The predicted octanol–water partition coefficient (Wildman–Crippen LogP) is 3.10. The Morgan fingerprint density at radius 1 is 1.36 bits per heavy atom. The number of carbonyl (C=O) groups is 1. The molecule has 0 unspecified atom stereocenters. The first-order valence-corrected chi connectivity index (χ1v) is 8.50. The van der Waals surface area contributed by atoms with Gasteiger partial charge in [-0.15, -0.1) is 0 Å². The quantitative estimate of drug-likeness (QED) is 0.615. The van der Waals surface area contributed by atoms with Crippen molar-refractivity contribution in [3.63, 3.8) is 0 Å². The number of aromatic nitrogens is 2. The number of hydrogen-bond acceptors (Lipinski definition) is 5. The van der Waals surface area contributed by atoms with Crippen molar-refractivity contribution < 1.29 is 4.79 Å². The molecule has 0 bridgehead atoms. The number of nitrogen functional groups attached to an aromatic ring is 1. The van der Waals surface area contributed by atoms with Crippen molar-refractivity contribution >= 4 is 39.4 Å². The van der Waals surface area contributed by atoms with E-state index in [0.29, 0.717) is 11.0 Å². The Balaban J connectivity index is 1.88. The van der Waals surface area contributed by atoms with Crippen molar-refractivity contribution in [2.24, 2.45) is 0 Å². The molecule has 1 amide bonds. The topological polar surface area (TPSA) is 80.9 Å². The number of amides is 1. The van der Waals surface area contributed by atoms with E-state index in [9.17, 15) is 4.79 Å². The fourth-order valence-electron chi connectivity index (χ4n) is 1.88. The van der Waals surface area contributed by atoms with Crippen molar-refractivity contribution in [2.75, 3.05) is 11.5 Å².